The highest BCUT2D eigenvalue weighted by molar-refractivity contribution is 6.24. The molecule has 2 heterocycles. The van der Waals surface area contributed by atoms with Gasteiger partial charge in [0.15, 0.2) is 0 Å². The lowest BCUT2D eigenvalue weighted by Crippen LogP contribution is -2.17. The Labute approximate surface area is 361 Å². The first-order valence-corrected chi connectivity index (χ1v) is 21.6. The molecule has 3 aliphatic carbocycles. The van der Waals surface area contributed by atoms with Crippen LogP contribution in [0.3, 0.4) is 0 Å². The third kappa shape index (κ3) is 5.35. The lowest BCUT2D eigenvalue weighted by Gasteiger charge is -2.23. The quantitative estimate of drug-likeness (QED) is 0.0717. The minimum atomic E-state index is -0.306. The Kier molecular flexibility index (Phi) is 8.12. The van der Waals surface area contributed by atoms with Crippen molar-refractivity contribution in [2.75, 3.05) is 0 Å². The smallest absolute Gasteiger partial charge is 0.111 e. The van der Waals surface area contributed by atoms with E-state index in [0.29, 0.717) is 0 Å². The average Bonchev–Trinajstić information content (AvgIpc) is 3.94. The van der Waals surface area contributed by atoms with Crippen molar-refractivity contribution in [1.82, 2.24) is 9.13 Å². The van der Waals surface area contributed by atoms with E-state index < -0.39 is 0 Å². The predicted molar refractivity (Wildman–Crippen MR) is 264 cm³/mol. The Morgan fingerprint density at radius 2 is 1.44 bits per heavy atom. The van der Waals surface area contributed by atoms with Crippen molar-refractivity contribution in [3.63, 3.8) is 0 Å². The van der Waals surface area contributed by atoms with Gasteiger partial charge >= 0.3 is 0 Å². The van der Waals surface area contributed by atoms with Crippen LogP contribution >= 0.6 is 0 Å². The molecule has 7 aromatic carbocycles. The number of allylic oxidation sites excluding steroid dienone is 9. The maximum atomic E-state index is 5.56. The summed E-state index contributed by atoms with van der Waals surface area (Å²) in [7, 11) is 0. The molecular formula is C59H43N3. The van der Waals surface area contributed by atoms with Crippen LogP contribution in [0.2, 0.25) is 0 Å². The van der Waals surface area contributed by atoms with Crippen LogP contribution in [0.5, 0.6) is 0 Å². The molecule has 3 nitrogen and oxygen atoms in total. The van der Waals surface area contributed by atoms with E-state index in [-0.39, 0.29) is 5.41 Å². The number of para-hydroxylation sites is 2. The Balaban J connectivity index is 0.998. The molecule has 62 heavy (non-hydrogen) atoms. The largest absolute Gasteiger partial charge is 0.310 e. The normalized spacial score (nSPS) is 17.7. The second kappa shape index (κ2) is 13.9. The molecule has 0 bridgehead atoms. The number of rotatable bonds is 5. The monoisotopic (exact) mass is 793 g/mol. The predicted octanol–water partition coefficient (Wildman–Crippen LogP) is 15.3. The zero-order chi connectivity index (χ0) is 41.5. The van der Waals surface area contributed by atoms with Gasteiger partial charge in [0.25, 0.3) is 0 Å². The van der Waals surface area contributed by atoms with E-state index in [4.69, 9.17) is 4.99 Å². The summed E-state index contributed by atoms with van der Waals surface area (Å²) in [5.74, 6) is 0.896. The van der Waals surface area contributed by atoms with Gasteiger partial charge < -0.3 is 4.57 Å². The van der Waals surface area contributed by atoms with Gasteiger partial charge in [-0.2, -0.15) is 0 Å². The third-order valence-corrected chi connectivity index (χ3v) is 13.5. The van der Waals surface area contributed by atoms with Crippen LogP contribution in [0.25, 0.3) is 88.0 Å². The molecule has 0 saturated heterocycles. The second-order valence-corrected chi connectivity index (χ2v) is 17.0. The molecule has 0 N–H and O–H groups in total. The topological polar surface area (TPSA) is 22.2 Å². The molecule has 0 saturated carbocycles. The summed E-state index contributed by atoms with van der Waals surface area (Å²) in [5.41, 5.74) is 19.5. The number of nitrogens with zero attached hydrogens (tertiary/aromatic N) is 3. The lowest BCUT2D eigenvalue weighted by atomic mass is 9.80. The fraction of sp³-hybridized carbons (Fsp3) is 0.0847. The van der Waals surface area contributed by atoms with Gasteiger partial charge in [-0.3, -0.25) is 4.57 Å². The molecule has 3 aliphatic rings. The first-order valence-electron chi connectivity index (χ1n) is 21.6. The minimum absolute atomic E-state index is 0.306. The molecule has 0 aliphatic heterocycles. The lowest BCUT2D eigenvalue weighted by molar-refractivity contribution is 0.749. The summed E-state index contributed by atoms with van der Waals surface area (Å²) in [6.45, 7) is 8.73. The molecule has 0 fully saturated rings. The molecule has 294 valence electrons. The van der Waals surface area contributed by atoms with Gasteiger partial charge in [0.2, 0.25) is 0 Å². The molecule has 1 unspecified atom stereocenters. The van der Waals surface area contributed by atoms with Crippen molar-refractivity contribution < 1.29 is 0 Å². The van der Waals surface area contributed by atoms with Crippen molar-refractivity contribution in [1.29, 1.82) is 0 Å². The Morgan fingerprint density at radius 1 is 0.677 bits per heavy atom. The van der Waals surface area contributed by atoms with Gasteiger partial charge in [0.05, 0.1) is 27.8 Å². The fourth-order valence-corrected chi connectivity index (χ4v) is 10.5. The van der Waals surface area contributed by atoms with E-state index in [1.165, 1.54) is 82.4 Å². The minimum Gasteiger partial charge on any atom is -0.310 e. The van der Waals surface area contributed by atoms with Crippen LogP contribution in [-0.2, 0) is 5.41 Å². The molecule has 0 radical (unpaired) electrons. The SMILES string of the molecule is C=CC1(C)c2ccccc2-c2ccc(C(/N=C(\C)n3c4ccccc4c4c5ccc(-c6ccc7c8ccccc8n(C8=CCCC=C8)c7c6)cc5ccc43)=C3/C=C=CC=C3)cc21. The summed E-state index contributed by atoms with van der Waals surface area (Å²) in [6, 6.07) is 51.5. The molecule has 12 rings (SSSR count). The van der Waals surface area contributed by atoms with E-state index >= 15 is 0 Å². The Bertz CT molecular complexity index is 3660. The number of hydrogen-bond acceptors (Lipinski definition) is 1. The molecule has 2 aromatic heterocycles. The van der Waals surface area contributed by atoms with Crippen LogP contribution in [-0.4, -0.2) is 15.0 Å². The Hall–Kier alpha value is -7.71. The van der Waals surface area contributed by atoms with Gasteiger partial charge in [-0.25, -0.2) is 4.99 Å². The van der Waals surface area contributed by atoms with Crippen molar-refractivity contribution in [2.24, 2.45) is 4.99 Å². The molecular weight excluding hydrogens is 751 g/mol. The van der Waals surface area contributed by atoms with E-state index in [1.807, 2.05) is 18.2 Å². The molecule has 3 heteroatoms. The second-order valence-electron chi connectivity index (χ2n) is 17.0. The van der Waals surface area contributed by atoms with E-state index in [1.54, 1.807) is 0 Å². The van der Waals surface area contributed by atoms with E-state index in [0.717, 1.165) is 46.5 Å². The summed E-state index contributed by atoms with van der Waals surface area (Å²) in [5, 5.41) is 7.44. The summed E-state index contributed by atoms with van der Waals surface area (Å²) in [6.07, 6.45) is 19.3. The van der Waals surface area contributed by atoms with Crippen LogP contribution in [0.15, 0.2) is 211 Å². The van der Waals surface area contributed by atoms with Crippen molar-refractivity contribution in [3.8, 4) is 22.3 Å². The van der Waals surface area contributed by atoms with Crippen LogP contribution in [0.4, 0.5) is 0 Å². The summed E-state index contributed by atoms with van der Waals surface area (Å²) < 4.78 is 4.77. The first-order chi connectivity index (χ1) is 30.5. The number of hydrogen-bond donors (Lipinski definition) is 0. The zero-order valence-electron chi connectivity index (χ0n) is 34.9. The number of aromatic nitrogens is 2. The van der Waals surface area contributed by atoms with Crippen molar-refractivity contribution in [3.05, 3.63) is 223 Å². The van der Waals surface area contributed by atoms with Gasteiger partial charge in [-0.1, -0.05) is 134 Å². The maximum absolute atomic E-state index is 5.56. The molecule has 0 amide bonds. The molecule has 1 atom stereocenters. The highest BCUT2D eigenvalue weighted by Gasteiger charge is 2.37. The fourth-order valence-electron chi connectivity index (χ4n) is 10.5. The highest BCUT2D eigenvalue weighted by Crippen LogP contribution is 2.50. The third-order valence-electron chi connectivity index (χ3n) is 13.5. The van der Waals surface area contributed by atoms with Gasteiger partial charge in [-0.15, -0.1) is 12.3 Å². The van der Waals surface area contributed by atoms with Crippen molar-refractivity contribution >= 4 is 71.6 Å². The van der Waals surface area contributed by atoms with Crippen LogP contribution in [0, 0.1) is 0 Å². The Morgan fingerprint density at radius 3 is 2.26 bits per heavy atom. The number of benzene rings is 7. The number of aliphatic imine (C=N–C) groups is 1. The van der Waals surface area contributed by atoms with Crippen LogP contribution < -0.4 is 0 Å². The standard InChI is InChI=1S/C59H43N3/c1-4-59(3)51-24-14-11-21-46(51)47-32-29-43(36-52(47)59)58(39-17-7-5-8-18-39)60-38(2)61-54-26-16-13-23-50(54)57-45-31-27-40(35-42(45)30-34-55(57)61)41-28-33-49-48-22-12-15-25-53(48)62(56(49)37-41)44-19-9-6-10-20-44/h4-5,7,9,11-37H,1,6,10H2,2-3H3/b58-39-,60-38+. The molecule has 9 aromatic rings. The average molecular weight is 794 g/mol. The van der Waals surface area contributed by atoms with E-state index in [2.05, 4.69) is 205 Å². The van der Waals surface area contributed by atoms with Gasteiger partial charge in [-0.05, 0) is 125 Å². The van der Waals surface area contributed by atoms with Crippen LogP contribution in [0.1, 0.15) is 43.4 Å². The highest BCUT2D eigenvalue weighted by atomic mass is 15.1. The summed E-state index contributed by atoms with van der Waals surface area (Å²) >= 11 is 0. The maximum Gasteiger partial charge on any atom is 0.111 e. The van der Waals surface area contributed by atoms with Crippen molar-refractivity contribution in [2.45, 2.75) is 32.1 Å². The first kappa shape index (κ1) is 36.2. The molecule has 0 spiro atoms. The van der Waals surface area contributed by atoms with E-state index in [9.17, 15) is 0 Å². The zero-order valence-corrected chi connectivity index (χ0v) is 34.9. The van der Waals surface area contributed by atoms with Gasteiger partial charge in [0.1, 0.15) is 5.84 Å². The summed E-state index contributed by atoms with van der Waals surface area (Å²) in [4.78, 5) is 5.56. The van der Waals surface area contributed by atoms with Gasteiger partial charge in [0, 0.05) is 43.8 Å². The number of fused-ring (bicyclic) bond motifs is 11.